The van der Waals surface area contributed by atoms with E-state index in [0.29, 0.717) is 0 Å². The molecule has 1 fully saturated rings. The number of hydrogen-bond acceptors (Lipinski definition) is 3. The summed E-state index contributed by atoms with van der Waals surface area (Å²) in [5.74, 6) is -0.0242. The molecule has 1 saturated heterocycles. The van der Waals surface area contributed by atoms with Gasteiger partial charge in [0, 0.05) is 35.8 Å². The third-order valence-corrected chi connectivity index (χ3v) is 4.94. The fraction of sp³-hybridized carbons (Fsp3) is 0.250. The van der Waals surface area contributed by atoms with Crippen molar-refractivity contribution in [1.82, 2.24) is 5.32 Å². The number of hydrogen-bond donors (Lipinski definition) is 1. The standard InChI is InChI=1S/C20H22N2OS/c1-24-19-10-7-16(8-11-19)9-12-20(23)21-17-13-14-22(15-17)18-5-3-2-4-6-18/h2-12,17H,13-15H2,1H3,(H,21,23)/b12-9+. The Bertz CT molecular complexity index is 697. The van der Waals surface area contributed by atoms with Gasteiger partial charge >= 0.3 is 0 Å². The summed E-state index contributed by atoms with van der Waals surface area (Å²) < 4.78 is 0. The molecule has 24 heavy (non-hydrogen) atoms. The van der Waals surface area contributed by atoms with Crippen LogP contribution in [0.2, 0.25) is 0 Å². The van der Waals surface area contributed by atoms with Gasteiger partial charge in [0.25, 0.3) is 0 Å². The van der Waals surface area contributed by atoms with E-state index < -0.39 is 0 Å². The Morgan fingerprint density at radius 3 is 2.62 bits per heavy atom. The minimum absolute atomic E-state index is 0.0242. The first-order valence-electron chi connectivity index (χ1n) is 8.17. The van der Waals surface area contributed by atoms with Crippen LogP contribution < -0.4 is 10.2 Å². The number of benzene rings is 2. The molecule has 1 N–H and O–H groups in total. The average Bonchev–Trinajstić information content (AvgIpc) is 3.09. The van der Waals surface area contributed by atoms with E-state index in [1.54, 1.807) is 17.8 Å². The summed E-state index contributed by atoms with van der Waals surface area (Å²) in [6.07, 6.45) is 6.53. The lowest BCUT2D eigenvalue weighted by Crippen LogP contribution is -2.36. The predicted molar refractivity (Wildman–Crippen MR) is 102 cm³/mol. The van der Waals surface area contributed by atoms with Crippen molar-refractivity contribution < 1.29 is 4.79 Å². The summed E-state index contributed by atoms with van der Waals surface area (Å²) in [5, 5.41) is 3.10. The third-order valence-electron chi connectivity index (χ3n) is 4.20. The molecular weight excluding hydrogens is 316 g/mol. The zero-order valence-corrected chi connectivity index (χ0v) is 14.6. The van der Waals surface area contributed by atoms with Gasteiger partial charge in [-0.1, -0.05) is 30.3 Å². The second-order valence-corrected chi connectivity index (χ2v) is 6.76. The van der Waals surface area contributed by atoms with E-state index in [0.717, 1.165) is 25.1 Å². The van der Waals surface area contributed by atoms with Crippen molar-refractivity contribution in [3.8, 4) is 0 Å². The van der Waals surface area contributed by atoms with Crippen LogP contribution in [0.4, 0.5) is 5.69 Å². The Labute approximate surface area is 147 Å². The first-order chi connectivity index (χ1) is 11.7. The summed E-state index contributed by atoms with van der Waals surface area (Å²) in [6, 6.07) is 18.7. The highest BCUT2D eigenvalue weighted by molar-refractivity contribution is 7.98. The van der Waals surface area contributed by atoms with Crippen LogP contribution in [0, 0.1) is 0 Å². The molecule has 1 amide bonds. The van der Waals surface area contributed by atoms with Gasteiger partial charge in [-0.05, 0) is 48.6 Å². The molecule has 0 saturated carbocycles. The zero-order valence-electron chi connectivity index (χ0n) is 13.8. The smallest absolute Gasteiger partial charge is 0.244 e. The van der Waals surface area contributed by atoms with E-state index >= 15 is 0 Å². The maximum absolute atomic E-state index is 12.1. The van der Waals surface area contributed by atoms with Crippen molar-refractivity contribution in [1.29, 1.82) is 0 Å². The Balaban J connectivity index is 1.51. The van der Waals surface area contributed by atoms with E-state index in [2.05, 4.69) is 40.7 Å². The largest absolute Gasteiger partial charge is 0.369 e. The van der Waals surface area contributed by atoms with Crippen molar-refractivity contribution in [3.63, 3.8) is 0 Å². The molecule has 0 spiro atoms. The van der Waals surface area contributed by atoms with E-state index in [4.69, 9.17) is 0 Å². The summed E-state index contributed by atoms with van der Waals surface area (Å²) >= 11 is 1.71. The number of anilines is 1. The number of carbonyl (C=O) groups is 1. The number of nitrogens with zero attached hydrogens (tertiary/aromatic N) is 1. The lowest BCUT2D eigenvalue weighted by atomic mass is 10.2. The van der Waals surface area contributed by atoms with Crippen LogP contribution in [-0.2, 0) is 4.79 Å². The summed E-state index contributed by atoms with van der Waals surface area (Å²) in [4.78, 5) is 15.7. The summed E-state index contributed by atoms with van der Waals surface area (Å²) in [7, 11) is 0. The van der Waals surface area contributed by atoms with Crippen molar-refractivity contribution >= 4 is 29.4 Å². The van der Waals surface area contributed by atoms with Crippen LogP contribution in [0.15, 0.2) is 65.6 Å². The van der Waals surface area contributed by atoms with Gasteiger partial charge in [0.1, 0.15) is 0 Å². The van der Waals surface area contributed by atoms with Crippen molar-refractivity contribution in [2.45, 2.75) is 17.4 Å². The lowest BCUT2D eigenvalue weighted by Gasteiger charge is -2.18. The van der Waals surface area contributed by atoms with Gasteiger partial charge in [-0.25, -0.2) is 0 Å². The van der Waals surface area contributed by atoms with E-state index in [-0.39, 0.29) is 11.9 Å². The van der Waals surface area contributed by atoms with Crippen molar-refractivity contribution in [3.05, 3.63) is 66.2 Å². The van der Waals surface area contributed by atoms with Gasteiger partial charge in [-0.2, -0.15) is 0 Å². The van der Waals surface area contributed by atoms with Gasteiger partial charge in [0.2, 0.25) is 5.91 Å². The van der Waals surface area contributed by atoms with Gasteiger partial charge in [-0.15, -0.1) is 11.8 Å². The van der Waals surface area contributed by atoms with Gasteiger partial charge < -0.3 is 10.2 Å². The monoisotopic (exact) mass is 338 g/mol. The molecule has 1 aliphatic rings. The SMILES string of the molecule is CSc1ccc(/C=C/C(=O)NC2CCN(c3ccccc3)C2)cc1. The average molecular weight is 338 g/mol. The fourth-order valence-electron chi connectivity index (χ4n) is 2.89. The summed E-state index contributed by atoms with van der Waals surface area (Å²) in [6.45, 7) is 1.85. The second-order valence-electron chi connectivity index (χ2n) is 5.88. The normalized spacial score (nSPS) is 17.4. The molecule has 0 aliphatic carbocycles. The molecule has 4 heteroatoms. The number of thioether (sulfide) groups is 1. The first-order valence-corrected chi connectivity index (χ1v) is 9.40. The molecule has 0 radical (unpaired) electrons. The number of rotatable bonds is 5. The summed E-state index contributed by atoms with van der Waals surface area (Å²) in [5.41, 5.74) is 2.26. The maximum atomic E-state index is 12.1. The Morgan fingerprint density at radius 1 is 1.17 bits per heavy atom. The topological polar surface area (TPSA) is 32.3 Å². The third kappa shape index (κ3) is 4.42. The number of nitrogens with one attached hydrogen (secondary N) is 1. The fourth-order valence-corrected chi connectivity index (χ4v) is 3.30. The van der Waals surface area contributed by atoms with Crippen LogP contribution in [0.3, 0.4) is 0 Å². The highest BCUT2D eigenvalue weighted by Crippen LogP contribution is 2.19. The zero-order chi connectivity index (χ0) is 16.8. The van der Waals surface area contributed by atoms with Crippen molar-refractivity contribution in [2.75, 3.05) is 24.2 Å². The van der Waals surface area contributed by atoms with Crippen molar-refractivity contribution in [2.24, 2.45) is 0 Å². The van der Waals surface area contributed by atoms with Crippen LogP contribution >= 0.6 is 11.8 Å². The van der Waals surface area contributed by atoms with Crippen LogP contribution in [0.25, 0.3) is 6.08 Å². The van der Waals surface area contributed by atoms with Crippen LogP contribution in [0.1, 0.15) is 12.0 Å². The number of carbonyl (C=O) groups excluding carboxylic acids is 1. The predicted octanol–water partition coefficient (Wildman–Crippen LogP) is 3.82. The molecule has 0 bridgehead atoms. The Kier molecular flexibility index (Phi) is 5.59. The van der Waals surface area contributed by atoms with Crippen LogP contribution in [-0.4, -0.2) is 31.3 Å². The maximum Gasteiger partial charge on any atom is 0.244 e. The van der Waals surface area contributed by atoms with Gasteiger partial charge in [0.15, 0.2) is 0 Å². The number of amides is 1. The molecule has 1 aliphatic heterocycles. The molecule has 2 aromatic rings. The molecule has 0 aromatic heterocycles. The quantitative estimate of drug-likeness (QED) is 0.664. The molecule has 1 atom stereocenters. The molecule has 3 rings (SSSR count). The molecule has 124 valence electrons. The van der Waals surface area contributed by atoms with E-state index in [1.165, 1.54) is 10.6 Å². The number of para-hydroxylation sites is 1. The minimum atomic E-state index is -0.0242. The highest BCUT2D eigenvalue weighted by atomic mass is 32.2. The lowest BCUT2D eigenvalue weighted by molar-refractivity contribution is -0.117. The molecule has 1 unspecified atom stereocenters. The molecule has 1 heterocycles. The molecular formula is C20H22N2OS. The van der Waals surface area contributed by atoms with E-state index in [1.807, 2.05) is 36.4 Å². The molecule has 3 nitrogen and oxygen atoms in total. The first kappa shape index (κ1) is 16.7. The highest BCUT2D eigenvalue weighted by Gasteiger charge is 2.23. The van der Waals surface area contributed by atoms with Gasteiger partial charge in [-0.3, -0.25) is 4.79 Å². The van der Waals surface area contributed by atoms with E-state index in [9.17, 15) is 4.79 Å². The van der Waals surface area contributed by atoms with Crippen LogP contribution in [0.5, 0.6) is 0 Å². The minimum Gasteiger partial charge on any atom is -0.369 e. The molecule has 2 aromatic carbocycles. The second kappa shape index (κ2) is 8.06. The Morgan fingerprint density at radius 2 is 1.92 bits per heavy atom. The Hall–Kier alpha value is -2.20. The van der Waals surface area contributed by atoms with Gasteiger partial charge in [0.05, 0.1) is 0 Å².